The van der Waals surface area contributed by atoms with E-state index in [1.54, 1.807) is 0 Å². The molecule has 2 aromatic heterocycles. The third-order valence-electron chi connectivity index (χ3n) is 4.84. The van der Waals surface area contributed by atoms with E-state index < -0.39 is 5.60 Å². The van der Waals surface area contributed by atoms with Crippen LogP contribution in [-0.2, 0) is 0 Å². The van der Waals surface area contributed by atoms with E-state index in [9.17, 15) is 9.90 Å². The maximum Gasteiger partial charge on any atom is 0.272 e. The van der Waals surface area contributed by atoms with Crippen LogP contribution < -0.4 is 5.32 Å². The lowest BCUT2D eigenvalue weighted by atomic mass is 10.0. The van der Waals surface area contributed by atoms with Gasteiger partial charge in [0.2, 0.25) is 0 Å². The van der Waals surface area contributed by atoms with Gasteiger partial charge < -0.3 is 19.7 Å². The van der Waals surface area contributed by atoms with Crippen LogP contribution in [0.15, 0.2) is 24.4 Å². The van der Waals surface area contributed by atoms with Gasteiger partial charge in [-0.25, -0.2) is 4.98 Å². The van der Waals surface area contributed by atoms with Crippen molar-refractivity contribution < 1.29 is 9.90 Å². The first-order valence-electron chi connectivity index (χ1n) is 9.47. The van der Waals surface area contributed by atoms with E-state index in [2.05, 4.69) is 29.0 Å². The number of nitrogens with zero attached hydrogens (tertiary/aromatic N) is 3. The number of nitrogens with one attached hydrogen (secondary N) is 1. The van der Waals surface area contributed by atoms with Crippen LogP contribution >= 0.6 is 0 Å². The van der Waals surface area contributed by atoms with Crippen LogP contribution in [0, 0.1) is 0 Å². The molecule has 0 spiro atoms. The summed E-state index contributed by atoms with van der Waals surface area (Å²) in [4.78, 5) is 19.7. The van der Waals surface area contributed by atoms with Crippen molar-refractivity contribution in [2.45, 2.75) is 58.1 Å². The SMILES string of the molecule is CC(C)c1nc(C(=O)NC2CCN(CC(C)(C)O)CC2)c2ccccn12. The van der Waals surface area contributed by atoms with Crippen LogP contribution in [0.25, 0.3) is 5.52 Å². The summed E-state index contributed by atoms with van der Waals surface area (Å²) in [7, 11) is 0. The zero-order valence-electron chi connectivity index (χ0n) is 16.2. The molecule has 0 bridgehead atoms. The van der Waals surface area contributed by atoms with Gasteiger partial charge in [0, 0.05) is 37.8 Å². The van der Waals surface area contributed by atoms with Crippen LogP contribution in [0.1, 0.15) is 62.8 Å². The second kappa shape index (κ2) is 7.37. The molecule has 2 N–H and O–H groups in total. The highest BCUT2D eigenvalue weighted by atomic mass is 16.3. The molecule has 0 saturated carbocycles. The van der Waals surface area contributed by atoms with Gasteiger partial charge in [0.1, 0.15) is 5.82 Å². The first-order chi connectivity index (χ1) is 12.2. The molecule has 0 unspecified atom stereocenters. The minimum atomic E-state index is -0.682. The van der Waals surface area contributed by atoms with Gasteiger partial charge in [0.25, 0.3) is 5.91 Å². The van der Waals surface area contributed by atoms with Crippen LogP contribution in [0.4, 0.5) is 0 Å². The van der Waals surface area contributed by atoms with Crippen molar-refractivity contribution in [2.24, 2.45) is 0 Å². The molecule has 3 rings (SSSR count). The van der Waals surface area contributed by atoms with Gasteiger partial charge in [-0.2, -0.15) is 0 Å². The van der Waals surface area contributed by atoms with E-state index in [0.717, 1.165) is 37.3 Å². The molecular weight excluding hydrogens is 328 g/mol. The lowest BCUT2D eigenvalue weighted by molar-refractivity contribution is 0.0267. The Balaban J connectivity index is 1.67. The number of β-amino-alcohol motifs (C(OH)–C–C–N with tert-alkyl or cyclic N) is 1. The molecule has 1 aliphatic heterocycles. The maximum atomic E-state index is 12.8. The molecule has 0 radical (unpaired) electrons. The normalized spacial score (nSPS) is 17.2. The summed E-state index contributed by atoms with van der Waals surface area (Å²) in [6.45, 7) is 10.3. The summed E-state index contributed by atoms with van der Waals surface area (Å²) in [6, 6.07) is 6.00. The van der Waals surface area contributed by atoms with E-state index in [1.165, 1.54) is 0 Å². The summed E-state index contributed by atoms with van der Waals surface area (Å²) in [5.41, 5.74) is 0.681. The van der Waals surface area contributed by atoms with Crippen molar-refractivity contribution in [2.75, 3.05) is 19.6 Å². The van der Waals surface area contributed by atoms with Crippen LogP contribution in [-0.4, -0.2) is 56.6 Å². The predicted molar refractivity (Wildman–Crippen MR) is 103 cm³/mol. The third kappa shape index (κ3) is 4.24. The molecule has 0 aliphatic carbocycles. The molecule has 1 fully saturated rings. The van der Waals surface area contributed by atoms with Crippen molar-refractivity contribution in [1.82, 2.24) is 19.6 Å². The topological polar surface area (TPSA) is 69.9 Å². The Labute approximate surface area is 155 Å². The molecule has 26 heavy (non-hydrogen) atoms. The van der Waals surface area contributed by atoms with Crippen molar-refractivity contribution in [1.29, 1.82) is 0 Å². The Hall–Kier alpha value is -1.92. The number of carbonyl (C=O) groups excluding carboxylic acids is 1. The standard InChI is InChI=1S/C20H30N4O2/c1-14(2)18-22-17(16-7-5-6-10-24(16)18)19(25)21-15-8-11-23(12-9-15)13-20(3,4)26/h5-7,10,14-15,26H,8-9,11-13H2,1-4H3,(H,21,25). The van der Waals surface area contributed by atoms with E-state index >= 15 is 0 Å². The predicted octanol–water partition coefficient (Wildman–Crippen LogP) is 2.42. The van der Waals surface area contributed by atoms with E-state index in [0.29, 0.717) is 12.2 Å². The molecule has 1 saturated heterocycles. The lowest BCUT2D eigenvalue weighted by Crippen LogP contribution is -2.48. The van der Waals surface area contributed by atoms with Gasteiger partial charge in [0.05, 0.1) is 11.1 Å². The second-order valence-corrected chi connectivity index (χ2v) is 8.27. The number of aromatic nitrogens is 2. The van der Waals surface area contributed by atoms with E-state index in [-0.39, 0.29) is 17.9 Å². The summed E-state index contributed by atoms with van der Waals surface area (Å²) >= 11 is 0. The number of carbonyl (C=O) groups is 1. The zero-order chi connectivity index (χ0) is 18.9. The van der Waals surface area contributed by atoms with Crippen molar-refractivity contribution in [3.05, 3.63) is 35.9 Å². The number of piperidine rings is 1. The lowest BCUT2D eigenvalue weighted by Gasteiger charge is -2.35. The molecular formula is C20H30N4O2. The Morgan fingerprint density at radius 2 is 2.04 bits per heavy atom. The molecule has 6 heteroatoms. The highest BCUT2D eigenvalue weighted by Gasteiger charge is 2.26. The van der Waals surface area contributed by atoms with Crippen LogP contribution in [0.2, 0.25) is 0 Å². The fraction of sp³-hybridized carbons (Fsp3) is 0.600. The number of imidazole rings is 1. The van der Waals surface area contributed by atoms with Crippen LogP contribution in [0.5, 0.6) is 0 Å². The number of aliphatic hydroxyl groups is 1. The number of pyridine rings is 1. The van der Waals surface area contributed by atoms with E-state index in [1.807, 2.05) is 42.6 Å². The summed E-state index contributed by atoms with van der Waals surface area (Å²) < 4.78 is 2.01. The summed E-state index contributed by atoms with van der Waals surface area (Å²) in [5.74, 6) is 1.06. The Morgan fingerprint density at radius 1 is 1.35 bits per heavy atom. The molecule has 2 aromatic rings. The minimum Gasteiger partial charge on any atom is -0.389 e. The average molecular weight is 358 g/mol. The number of amides is 1. The van der Waals surface area contributed by atoms with Gasteiger partial charge in [-0.3, -0.25) is 4.79 Å². The summed E-state index contributed by atoms with van der Waals surface area (Å²) in [5, 5.41) is 13.1. The van der Waals surface area contributed by atoms with Gasteiger partial charge in [-0.15, -0.1) is 0 Å². The van der Waals surface area contributed by atoms with Gasteiger partial charge in [0.15, 0.2) is 5.69 Å². The number of fused-ring (bicyclic) bond motifs is 1. The fourth-order valence-corrected chi connectivity index (χ4v) is 3.67. The number of hydrogen-bond donors (Lipinski definition) is 2. The average Bonchev–Trinajstić information content (AvgIpc) is 2.95. The molecule has 3 heterocycles. The highest BCUT2D eigenvalue weighted by Crippen LogP contribution is 2.20. The molecule has 1 aliphatic rings. The Morgan fingerprint density at radius 3 is 2.65 bits per heavy atom. The molecule has 0 aromatic carbocycles. The Kier molecular flexibility index (Phi) is 5.34. The Bertz CT molecular complexity index is 768. The molecule has 6 nitrogen and oxygen atoms in total. The monoisotopic (exact) mass is 358 g/mol. The minimum absolute atomic E-state index is 0.0958. The summed E-state index contributed by atoms with van der Waals surface area (Å²) in [6.07, 6.45) is 3.75. The molecule has 142 valence electrons. The molecule has 0 atom stereocenters. The first kappa shape index (κ1) is 18.9. The fourth-order valence-electron chi connectivity index (χ4n) is 3.67. The van der Waals surface area contributed by atoms with Crippen LogP contribution in [0.3, 0.4) is 0 Å². The van der Waals surface area contributed by atoms with Gasteiger partial charge >= 0.3 is 0 Å². The largest absolute Gasteiger partial charge is 0.389 e. The molecule has 1 amide bonds. The highest BCUT2D eigenvalue weighted by molar-refractivity contribution is 5.99. The maximum absolute atomic E-state index is 12.8. The van der Waals surface area contributed by atoms with Crippen molar-refractivity contribution in [3.63, 3.8) is 0 Å². The van der Waals surface area contributed by atoms with Crippen molar-refractivity contribution in [3.8, 4) is 0 Å². The number of hydrogen-bond acceptors (Lipinski definition) is 4. The zero-order valence-corrected chi connectivity index (χ0v) is 16.2. The van der Waals surface area contributed by atoms with E-state index in [4.69, 9.17) is 0 Å². The van der Waals surface area contributed by atoms with Gasteiger partial charge in [-0.05, 0) is 38.8 Å². The smallest absolute Gasteiger partial charge is 0.272 e. The second-order valence-electron chi connectivity index (χ2n) is 8.27. The van der Waals surface area contributed by atoms with Crippen molar-refractivity contribution >= 4 is 11.4 Å². The third-order valence-corrected chi connectivity index (χ3v) is 4.84. The quantitative estimate of drug-likeness (QED) is 0.861. The number of rotatable bonds is 5. The first-order valence-corrected chi connectivity index (χ1v) is 9.47. The van der Waals surface area contributed by atoms with Gasteiger partial charge in [-0.1, -0.05) is 19.9 Å². The number of likely N-dealkylation sites (tertiary alicyclic amines) is 1.